The Morgan fingerprint density at radius 1 is 0.636 bits per heavy atom. The lowest BCUT2D eigenvalue weighted by molar-refractivity contribution is 0.0774. The van der Waals surface area contributed by atoms with E-state index in [-0.39, 0.29) is 5.41 Å². The average molecular weight is 589 g/mol. The van der Waals surface area contributed by atoms with Crippen LogP contribution in [0.2, 0.25) is 0 Å². The van der Waals surface area contributed by atoms with Gasteiger partial charge in [-0.1, -0.05) is 139 Å². The lowest BCUT2D eigenvalue weighted by Crippen LogP contribution is -2.62. The second-order valence-corrected chi connectivity index (χ2v) is 13.8. The summed E-state index contributed by atoms with van der Waals surface area (Å²) in [6, 6.07) is 26.3. The fourth-order valence-corrected chi connectivity index (χ4v) is 7.65. The Morgan fingerprint density at radius 2 is 1.23 bits per heavy atom. The number of hydrogen-bond donors (Lipinski definition) is 0. The van der Waals surface area contributed by atoms with Crippen LogP contribution in [-0.2, 0) is 5.41 Å². The third-order valence-corrected chi connectivity index (χ3v) is 10.4. The predicted molar refractivity (Wildman–Crippen MR) is 190 cm³/mol. The van der Waals surface area contributed by atoms with Crippen LogP contribution < -0.4 is 9.64 Å². The van der Waals surface area contributed by atoms with Crippen LogP contribution in [0.3, 0.4) is 0 Å². The molecular weight excluding hydrogens is 536 g/mol. The highest BCUT2D eigenvalue weighted by atomic mass is 16.5. The Bertz CT molecular complexity index is 1590. The van der Waals surface area contributed by atoms with Crippen LogP contribution in [0, 0.1) is 0 Å². The Hall–Kier alpha value is -3.33. The maximum Gasteiger partial charge on any atom is 0.228 e. The second-order valence-electron chi connectivity index (χ2n) is 13.8. The first kappa shape index (κ1) is 30.7. The highest BCUT2D eigenvalue weighted by Crippen LogP contribution is 2.55. The molecule has 3 heteroatoms. The van der Waals surface area contributed by atoms with E-state index < -0.39 is 5.72 Å². The number of unbranched alkanes of at least 4 members (excludes halogenated alkanes) is 13. The van der Waals surface area contributed by atoms with Gasteiger partial charge in [0.15, 0.2) is 0 Å². The second kappa shape index (κ2) is 13.8. The fraction of sp³-hybridized carbons (Fsp3) is 0.488. The zero-order chi connectivity index (χ0) is 30.4. The minimum Gasteiger partial charge on any atom is -0.459 e. The van der Waals surface area contributed by atoms with Gasteiger partial charge in [-0.15, -0.1) is 0 Å². The lowest BCUT2D eigenvalue weighted by Gasteiger charge is -2.46. The van der Waals surface area contributed by atoms with Crippen LogP contribution >= 0.6 is 0 Å². The minimum atomic E-state index is -0.648. The largest absolute Gasteiger partial charge is 0.459 e. The summed E-state index contributed by atoms with van der Waals surface area (Å²) in [6.45, 7) is 7.91. The summed E-state index contributed by atoms with van der Waals surface area (Å²) in [7, 11) is 0. The van der Waals surface area contributed by atoms with E-state index in [1.807, 2.05) is 0 Å². The van der Waals surface area contributed by atoms with Gasteiger partial charge in [0.25, 0.3) is 0 Å². The molecule has 0 bridgehead atoms. The van der Waals surface area contributed by atoms with Crippen LogP contribution in [0.1, 0.15) is 116 Å². The summed E-state index contributed by atoms with van der Waals surface area (Å²) in [5.41, 5.74) is 2.67. The molecule has 0 aromatic heterocycles. The fourth-order valence-electron chi connectivity index (χ4n) is 7.65. The number of aliphatic imine (C=N–C) groups is 1. The van der Waals surface area contributed by atoms with Gasteiger partial charge in [0.05, 0.1) is 11.6 Å². The molecule has 6 rings (SSSR count). The summed E-state index contributed by atoms with van der Waals surface area (Å²) in [5, 5.41) is 4.84. The zero-order valence-electron chi connectivity index (χ0n) is 27.4. The van der Waals surface area contributed by atoms with E-state index in [4.69, 9.17) is 9.73 Å². The molecule has 2 heterocycles. The molecule has 2 aliphatic rings. The van der Waals surface area contributed by atoms with Gasteiger partial charge in [0.1, 0.15) is 11.4 Å². The van der Waals surface area contributed by atoms with Crippen LogP contribution in [0.4, 0.5) is 11.4 Å². The van der Waals surface area contributed by atoms with Crippen LogP contribution in [0.15, 0.2) is 77.8 Å². The number of fused-ring (bicyclic) bond motifs is 5. The summed E-state index contributed by atoms with van der Waals surface area (Å²) >= 11 is 0. The lowest BCUT2D eigenvalue weighted by atomic mass is 9.77. The smallest absolute Gasteiger partial charge is 0.228 e. The van der Waals surface area contributed by atoms with Gasteiger partial charge < -0.3 is 9.64 Å². The Balaban J connectivity index is 1.09. The number of benzene rings is 4. The SMILES string of the molecule is CCCCCCCCCCCCCCCCN1c2ccccc2C(C)(C)[C@]12C=Nc1c(ccc3cc4ccccc4cc13)O2. The van der Waals surface area contributed by atoms with E-state index in [0.29, 0.717) is 0 Å². The monoisotopic (exact) mass is 588 g/mol. The number of hydrogen-bond acceptors (Lipinski definition) is 3. The standard InChI is InChI=1S/C41H52N2O/c1-4-5-6-7-8-9-10-11-12-13-14-15-16-21-28-43-37-25-20-19-24-36(37)40(2,3)41(43)31-42-39-35-30-33-23-18-17-22-32(33)29-34(35)26-27-38(39)44-41/h17-20,22-27,29-31H,4-16,21,28H2,1-3H3/t41-/m1/s1. The van der Waals surface area contributed by atoms with Crippen molar-refractivity contribution < 1.29 is 4.74 Å². The van der Waals surface area contributed by atoms with E-state index in [9.17, 15) is 0 Å². The normalized spacial score (nSPS) is 18.2. The predicted octanol–water partition coefficient (Wildman–Crippen LogP) is 12.1. The Morgan fingerprint density at radius 3 is 1.91 bits per heavy atom. The van der Waals surface area contributed by atoms with Crippen molar-refractivity contribution in [1.82, 2.24) is 0 Å². The van der Waals surface area contributed by atoms with Crippen molar-refractivity contribution >= 4 is 39.1 Å². The van der Waals surface area contributed by atoms with Crippen molar-refractivity contribution in [2.24, 2.45) is 4.99 Å². The molecule has 44 heavy (non-hydrogen) atoms. The van der Waals surface area contributed by atoms with E-state index >= 15 is 0 Å². The quantitative estimate of drug-likeness (QED) is 0.102. The van der Waals surface area contributed by atoms with Crippen molar-refractivity contribution in [1.29, 1.82) is 0 Å². The maximum atomic E-state index is 7.16. The van der Waals surface area contributed by atoms with Crippen molar-refractivity contribution in [3.8, 4) is 5.75 Å². The van der Waals surface area contributed by atoms with Gasteiger partial charge in [-0.3, -0.25) is 4.99 Å². The molecule has 0 N–H and O–H groups in total. The highest BCUT2D eigenvalue weighted by Gasteiger charge is 2.59. The van der Waals surface area contributed by atoms with Gasteiger partial charge in [0.2, 0.25) is 5.72 Å². The first-order valence-corrected chi connectivity index (χ1v) is 17.6. The number of para-hydroxylation sites is 1. The van der Waals surface area contributed by atoms with Crippen LogP contribution in [0.25, 0.3) is 21.5 Å². The Labute approximate surface area is 265 Å². The average Bonchev–Trinajstić information content (AvgIpc) is 3.22. The first-order chi connectivity index (χ1) is 21.5. The molecule has 232 valence electrons. The third kappa shape index (κ3) is 6.00. The number of rotatable bonds is 15. The third-order valence-electron chi connectivity index (χ3n) is 10.4. The van der Waals surface area contributed by atoms with Gasteiger partial charge in [0, 0.05) is 17.6 Å². The van der Waals surface area contributed by atoms with Crippen LogP contribution in [-0.4, -0.2) is 18.5 Å². The molecule has 2 aliphatic heterocycles. The van der Waals surface area contributed by atoms with Gasteiger partial charge in [-0.25, -0.2) is 0 Å². The summed E-state index contributed by atoms with van der Waals surface area (Å²) < 4.78 is 7.16. The molecule has 4 aromatic rings. The zero-order valence-corrected chi connectivity index (χ0v) is 27.4. The molecule has 0 amide bonds. The van der Waals surface area contributed by atoms with Gasteiger partial charge >= 0.3 is 0 Å². The summed E-state index contributed by atoms with van der Waals surface area (Å²) in [5.74, 6) is 0.877. The minimum absolute atomic E-state index is 0.251. The molecule has 1 spiro atoms. The number of nitrogens with zero attached hydrogens (tertiary/aromatic N) is 2. The molecule has 0 saturated carbocycles. The van der Waals surface area contributed by atoms with Crippen molar-refractivity contribution in [2.75, 3.05) is 11.4 Å². The number of anilines is 1. The van der Waals surface area contributed by atoms with Crippen LogP contribution in [0.5, 0.6) is 5.75 Å². The molecule has 4 aromatic carbocycles. The van der Waals surface area contributed by atoms with Crippen molar-refractivity contribution in [3.63, 3.8) is 0 Å². The van der Waals surface area contributed by atoms with E-state index in [2.05, 4.69) is 105 Å². The van der Waals surface area contributed by atoms with E-state index in [0.717, 1.165) is 29.8 Å². The van der Waals surface area contributed by atoms with Gasteiger partial charge in [-0.05, 0) is 66.3 Å². The van der Waals surface area contributed by atoms with E-state index in [1.165, 1.54) is 111 Å². The molecule has 0 unspecified atom stereocenters. The number of ether oxygens (including phenoxy) is 1. The molecular formula is C41H52N2O. The Kier molecular flexibility index (Phi) is 9.59. The molecule has 0 radical (unpaired) electrons. The van der Waals surface area contributed by atoms with Crippen molar-refractivity contribution in [2.45, 2.75) is 122 Å². The molecule has 0 fully saturated rings. The molecule has 0 aliphatic carbocycles. The summed E-state index contributed by atoms with van der Waals surface area (Å²) in [6.07, 6.45) is 21.3. The topological polar surface area (TPSA) is 24.8 Å². The molecule has 3 nitrogen and oxygen atoms in total. The summed E-state index contributed by atoms with van der Waals surface area (Å²) in [4.78, 5) is 7.73. The van der Waals surface area contributed by atoms with Crippen molar-refractivity contribution in [3.05, 3.63) is 78.4 Å². The highest BCUT2D eigenvalue weighted by molar-refractivity contribution is 6.06. The first-order valence-electron chi connectivity index (χ1n) is 17.6. The molecule has 1 atom stereocenters. The van der Waals surface area contributed by atoms with Gasteiger partial charge in [-0.2, -0.15) is 0 Å². The maximum absolute atomic E-state index is 7.16. The van der Waals surface area contributed by atoms with E-state index in [1.54, 1.807) is 0 Å². The molecule has 0 saturated heterocycles.